The predicted octanol–water partition coefficient (Wildman–Crippen LogP) is 1.28. The zero-order valence-electron chi connectivity index (χ0n) is 18.4. The minimum atomic E-state index is -0.780. The highest BCUT2D eigenvalue weighted by atomic mass is 16.7. The molecule has 0 radical (unpaired) electrons. The molecule has 33 heavy (non-hydrogen) atoms. The molecule has 3 N–H and O–H groups in total. The van der Waals surface area contributed by atoms with Crippen molar-refractivity contribution in [3.8, 4) is 5.75 Å². The molecule has 3 aliphatic rings. The predicted molar refractivity (Wildman–Crippen MR) is 118 cm³/mol. The van der Waals surface area contributed by atoms with Crippen molar-refractivity contribution in [2.45, 2.75) is 50.1 Å². The van der Waals surface area contributed by atoms with Crippen LogP contribution in [-0.2, 0) is 23.9 Å². The normalized spacial score (nSPS) is 29.0. The second kappa shape index (κ2) is 10.8. The second-order valence-corrected chi connectivity index (χ2v) is 8.63. The van der Waals surface area contributed by atoms with Gasteiger partial charge in [-0.3, -0.25) is 14.4 Å². The third-order valence-corrected chi connectivity index (χ3v) is 6.35. The molecule has 1 aromatic carbocycles. The van der Waals surface area contributed by atoms with Crippen molar-refractivity contribution < 1.29 is 33.7 Å². The van der Waals surface area contributed by atoms with Crippen molar-refractivity contribution in [2.75, 3.05) is 19.7 Å². The van der Waals surface area contributed by atoms with Gasteiger partial charge in [-0.05, 0) is 37.3 Å². The summed E-state index contributed by atoms with van der Waals surface area (Å²) < 4.78 is 17.2. The molecule has 0 aliphatic carbocycles. The van der Waals surface area contributed by atoms with Gasteiger partial charge in [0.15, 0.2) is 6.61 Å². The highest BCUT2D eigenvalue weighted by molar-refractivity contribution is 5.85. The summed E-state index contributed by atoms with van der Waals surface area (Å²) in [4.78, 5) is 34.8. The molecule has 4 rings (SSSR count). The number of allylic oxidation sites excluding steroid dienone is 2. The SMILES string of the molecule is O=C(O)CCCC=CC[C@H]1[C@@H](CNC(=O)CNC(=O)COc2ccccc2)[C@@H]2O[C@H]1[C@@H]1O[C@@H]12. The Morgan fingerprint density at radius 2 is 1.67 bits per heavy atom. The molecular formula is C24H30N2O7. The number of rotatable bonds is 13. The van der Waals surface area contributed by atoms with Gasteiger partial charge in [-0.25, -0.2) is 0 Å². The third-order valence-electron chi connectivity index (χ3n) is 6.35. The Morgan fingerprint density at radius 3 is 2.42 bits per heavy atom. The Bertz CT molecular complexity index is 875. The largest absolute Gasteiger partial charge is 0.484 e. The number of para-hydroxylation sites is 1. The van der Waals surface area contributed by atoms with Crippen molar-refractivity contribution in [3.05, 3.63) is 42.5 Å². The Balaban J connectivity index is 1.17. The molecule has 0 aromatic heterocycles. The van der Waals surface area contributed by atoms with E-state index in [0.29, 0.717) is 18.7 Å². The number of hydrogen-bond donors (Lipinski definition) is 3. The molecule has 3 saturated heterocycles. The van der Waals surface area contributed by atoms with Crippen molar-refractivity contribution in [3.63, 3.8) is 0 Å². The molecule has 2 amide bonds. The van der Waals surface area contributed by atoms with Crippen LogP contribution in [0.5, 0.6) is 5.75 Å². The van der Waals surface area contributed by atoms with Gasteiger partial charge in [0, 0.05) is 18.9 Å². The van der Waals surface area contributed by atoms with E-state index in [0.717, 1.165) is 12.8 Å². The number of aliphatic carboxylic acids is 1. The average molecular weight is 459 g/mol. The molecular weight excluding hydrogens is 428 g/mol. The number of epoxide rings is 1. The summed E-state index contributed by atoms with van der Waals surface area (Å²) in [6, 6.07) is 9.01. The van der Waals surface area contributed by atoms with Crippen LogP contribution >= 0.6 is 0 Å². The van der Waals surface area contributed by atoms with Crippen LogP contribution in [0.4, 0.5) is 0 Å². The molecule has 6 atom stereocenters. The van der Waals surface area contributed by atoms with Gasteiger partial charge in [-0.1, -0.05) is 30.4 Å². The lowest BCUT2D eigenvalue weighted by molar-refractivity contribution is -0.137. The number of amides is 2. The molecule has 1 aromatic rings. The maximum absolute atomic E-state index is 12.3. The molecule has 9 nitrogen and oxygen atoms in total. The van der Waals surface area contributed by atoms with E-state index in [2.05, 4.69) is 16.7 Å². The average Bonchev–Trinajstić information content (AvgIpc) is 3.44. The van der Waals surface area contributed by atoms with Gasteiger partial charge in [0.25, 0.3) is 5.91 Å². The Labute approximate surface area is 192 Å². The smallest absolute Gasteiger partial charge is 0.303 e. The number of benzene rings is 1. The molecule has 0 saturated carbocycles. The Morgan fingerprint density at radius 1 is 0.939 bits per heavy atom. The molecule has 3 heterocycles. The van der Waals surface area contributed by atoms with E-state index in [1.165, 1.54) is 0 Å². The number of carbonyl (C=O) groups is 3. The van der Waals surface area contributed by atoms with Crippen LogP contribution in [0.15, 0.2) is 42.5 Å². The quantitative estimate of drug-likeness (QED) is 0.231. The number of unbranched alkanes of at least 4 members (excludes halogenated alkanes) is 1. The van der Waals surface area contributed by atoms with Crippen LogP contribution in [0.25, 0.3) is 0 Å². The van der Waals surface area contributed by atoms with Crippen molar-refractivity contribution in [1.82, 2.24) is 10.6 Å². The van der Waals surface area contributed by atoms with E-state index in [4.69, 9.17) is 19.3 Å². The molecule has 178 valence electrons. The number of carboxylic acid groups (broad SMARTS) is 1. The topological polar surface area (TPSA) is 126 Å². The molecule has 2 bridgehead atoms. The highest BCUT2D eigenvalue weighted by Crippen LogP contribution is 2.54. The van der Waals surface area contributed by atoms with Gasteiger partial charge < -0.3 is 30.0 Å². The highest BCUT2D eigenvalue weighted by Gasteiger charge is 2.68. The minimum absolute atomic E-state index is 0.0143. The summed E-state index contributed by atoms with van der Waals surface area (Å²) in [6.07, 6.45) is 6.73. The number of nitrogens with one attached hydrogen (secondary N) is 2. The Kier molecular flexibility index (Phi) is 7.61. The molecule has 3 aliphatic heterocycles. The van der Waals surface area contributed by atoms with Gasteiger partial charge in [0.1, 0.15) is 18.0 Å². The van der Waals surface area contributed by atoms with Gasteiger partial charge >= 0.3 is 5.97 Å². The third kappa shape index (κ3) is 6.11. The first-order valence-electron chi connectivity index (χ1n) is 11.4. The van der Waals surface area contributed by atoms with Crippen molar-refractivity contribution >= 4 is 17.8 Å². The first-order chi connectivity index (χ1) is 16.0. The second-order valence-electron chi connectivity index (χ2n) is 8.63. The summed E-state index contributed by atoms with van der Waals surface area (Å²) >= 11 is 0. The van der Waals surface area contributed by atoms with E-state index < -0.39 is 5.97 Å². The number of carboxylic acids is 1. The number of fused-ring (bicyclic) bond motifs is 5. The number of ether oxygens (including phenoxy) is 3. The lowest BCUT2D eigenvalue weighted by Crippen LogP contribution is -2.44. The fourth-order valence-corrected chi connectivity index (χ4v) is 4.69. The van der Waals surface area contributed by atoms with Gasteiger partial charge in [-0.15, -0.1) is 0 Å². The van der Waals surface area contributed by atoms with Gasteiger partial charge in [0.05, 0.1) is 18.8 Å². The fraction of sp³-hybridized carbons (Fsp3) is 0.542. The zero-order valence-corrected chi connectivity index (χ0v) is 18.4. The van der Waals surface area contributed by atoms with Crippen molar-refractivity contribution in [1.29, 1.82) is 0 Å². The summed E-state index contributed by atoms with van der Waals surface area (Å²) in [5, 5.41) is 14.2. The van der Waals surface area contributed by atoms with E-state index >= 15 is 0 Å². The monoisotopic (exact) mass is 458 g/mol. The summed E-state index contributed by atoms with van der Waals surface area (Å²) in [7, 11) is 0. The lowest BCUT2D eigenvalue weighted by Gasteiger charge is -2.25. The fourth-order valence-electron chi connectivity index (χ4n) is 4.69. The zero-order chi connectivity index (χ0) is 23.2. The molecule has 0 unspecified atom stereocenters. The van der Waals surface area contributed by atoms with E-state index in [1.54, 1.807) is 12.1 Å². The van der Waals surface area contributed by atoms with Crippen LogP contribution < -0.4 is 15.4 Å². The van der Waals surface area contributed by atoms with Gasteiger partial charge in [0.2, 0.25) is 5.91 Å². The standard InChI is InChI=1S/C24H30N2O7/c27-18(13-26-19(28)14-31-15-8-4-3-5-9-15)25-12-17-16(10-6-1-2-7-11-20(29)30)21-23-24(33-23)22(17)32-21/h1,3-6,8-9,16-17,21-24H,2,7,10-14H2,(H,25,27)(H,26,28)(H,29,30)/t16-,17+,21+,22-,23-,24+/m0/s1. The van der Waals surface area contributed by atoms with Crippen LogP contribution in [-0.4, -0.2) is 67.0 Å². The van der Waals surface area contributed by atoms with Crippen LogP contribution in [0, 0.1) is 11.8 Å². The molecule has 0 spiro atoms. The van der Waals surface area contributed by atoms with E-state index in [-0.39, 0.29) is 67.6 Å². The Hall–Kier alpha value is -2.91. The first kappa shape index (κ1) is 23.3. The van der Waals surface area contributed by atoms with Crippen LogP contribution in [0.1, 0.15) is 25.7 Å². The van der Waals surface area contributed by atoms with E-state index in [1.807, 2.05) is 24.3 Å². The summed E-state index contributed by atoms with van der Waals surface area (Å²) in [5.41, 5.74) is 0. The maximum Gasteiger partial charge on any atom is 0.303 e. The lowest BCUT2D eigenvalue weighted by atomic mass is 9.77. The van der Waals surface area contributed by atoms with Crippen LogP contribution in [0.2, 0.25) is 0 Å². The number of hydrogen-bond acceptors (Lipinski definition) is 6. The maximum atomic E-state index is 12.3. The first-order valence-corrected chi connectivity index (χ1v) is 11.4. The molecule has 3 fully saturated rings. The summed E-state index contributed by atoms with van der Waals surface area (Å²) in [6.45, 7) is 0.189. The van der Waals surface area contributed by atoms with Gasteiger partial charge in [-0.2, -0.15) is 0 Å². The van der Waals surface area contributed by atoms with Crippen LogP contribution in [0.3, 0.4) is 0 Å². The van der Waals surface area contributed by atoms with E-state index in [9.17, 15) is 14.4 Å². The molecule has 9 heteroatoms. The van der Waals surface area contributed by atoms with Crippen molar-refractivity contribution in [2.24, 2.45) is 11.8 Å². The number of carbonyl (C=O) groups excluding carboxylic acids is 2. The minimum Gasteiger partial charge on any atom is -0.484 e. The summed E-state index contributed by atoms with van der Waals surface area (Å²) in [5.74, 6) is -0.430.